The molecular weight excluding hydrogens is 661 g/mol. The third-order valence-electron chi connectivity index (χ3n) is 10.8. The van der Waals surface area contributed by atoms with Crippen molar-refractivity contribution in [2.45, 2.75) is 82.3 Å². The molecule has 1 aromatic heterocycles. The number of amides is 1. The van der Waals surface area contributed by atoms with E-state index in [-0.39, 0.29) is 63.7 Å². The summed E-state index contributed by atoms with van der Waals surface area (Å²) in [6.07, 6.45) is 2.06. The van der Waals surface area contributed by atoms with Gasteiger partial charge in [0, 0.05) is 42.4 Å². The highest BCUT2D eigenvalue weighted by Crippen LogP contribution is 2.44. The molecule has 4 aliphatic heterocycles. The number of halogens is 3. The van der Waals surface area contributed by atoms with E-state index in [9.17, 15) is 19.6 Å². The van der Waals surface area contributed by atoms with E-state index in [4.69, 9.17) is 14.5 Å². The SMILES string of the molecule is CC(C)(C)OC(=O)N1C2CCC1CN(c1nc(OC[C@@]34CCCN3C[C@H](F)C4)nc3c(F)c(-c4cc(O)cc5cccc(C#N)c45)c(F)cc13)C2. The van der Waals surface area contributed by atoms with E-state index in [0.29, 0.717) is 31.4 Å². The third-order valence-corrected chi connectivity index (χ3v) is 10.8. The molecule has 0 aliphatic carbocycles. The maximum Gasteiger partial charge on any atom is 0.410 e. The number of nitrogens with zero attached hydrogens (tertiary/aromatic N) is 6. The summed E-state index contributed by atoms with van der Waals surface area (Å²) in [5, 5.41) is 21.3. The number of carbonyl (C=O) groups is 1. The molecule has 3 aromatic carbocycles. The second-order valence-electron chi connectivity index (χ2n) is 15.3. The largest absolute Gasteiger partial charge is 0.508 e. The molecular formula is C38H39F3N6O4. The molecule has 8 rings (SSSR count). The number of phenolic OH excluding ortho intramolecular Hbond substituents is 1. The van der Waals surface area contributed by atoms with Crippen molar-refractivity contribution in [1.29, 1.82) is 5.26 Å². The van der Waals surface area contributed by atoms with Gasteiger partial charge in [-0.3, -0.25) is 9.80 Å². The average molecular weight is 701 g/mol. The standard InChI is InChI=1S/C38H39F3N6O4/c1-37(2,3)51-36(49)47-24-8-9-25(47)19-45(18-24)34-28-14-29(40)31(27-13-26(48)12-21-6-4-7-22(16-42)30(21)27)32(41)33(28)43-35(44-34)50-20-38-10-5-11-46(38)17-23(39)15-38/h4,6-7,12-14,23-25,48H,5,8-11,15,17-20H2,1-3H3/t23-,24?,25?,38+/m1/s1. The Kier molecular flexibility index (Phi) is 7.94. The molecule has 0 saturated carbocycles. The minimum absolute atomic E-state index is 0.00568. The van der Waals surface area contributed by atoms with Gasteiger partial charge >= 0.3 is 12.1 Å². The first-order valence-electron chi connectivity index (χ1n) is 17.5. The zero-order valence-corrected chi connectivity index (χ0v) is 28.8. The molecule has 0 radical (unpaired) electrons. The lowest BCUT2D eigenvalue weighted by Crippen LogP contribution is -2.57. The molecule has 266 valence electrons. The number of hydrogen-bond acceptors (Lipinski definition) is 9. The molecule has 4 saturated heterocycles. The third kappa shape index (κ3) is 5.73. The fourth-order valence-corrected chi connectivity index (χ4v) is 8.75. The number of anilines is 1. The van der Waals surface area contributed by atoms with Gasteiger partial charge in [0.05, 0.1) is 34.8 Å². The lowest BCUT2D eigenvalue weighted by molar-refractivity contribution is 0.0122. The lowest BCUT2D eigenvalue weighted by Gasteiger charge is -2.42. The second kappa shape index (κ2) is 12.1. The number of aromatic hydroxyl groups is 1. The zero-order valence-electron chi connectivity index (χ0n) is 28.8. The second-order valence-corrected chi connectivity index (χ2v) is 15.3. The van der Waals surface area contributed by atoms with E-state index in [1.807, 2.05) is 25.7 Å². The smallest absolute Gasteiger partial charge is 0.410 e. The molecule has 51 heavy (non-hydrogen) atoms. The van der Waals surface area contributed by atoms with Gasteiger partial charge < -0.3 is 19.5 Å². The van der Waals surface area contributed by atoms with Gasteiger partial charge in [0.2, 0.25) is 0 Å². The molecule has 0 spiro atoms. The van der Waals surface area contributed by atoms with Gasteiger partial charge in [0.15, 0.2) is 5.82 Å². The first-order chi connectivity index (χ1) is 24.3. The minimum atomic E-state index is -1.00. The van der Waals surface area contributed by atoms with Gasteiger partial charge in [0.1, 0.15) is 41.3 Å². The molecule has 1 N–H and O–H groups in total. The van der Waals surface area contributed by atoms with Crippen molar-refractivity contribution < 1.29 is 32.5 Å². The van der Waals surface area contributed by atoms with Gasteiger partial charge in [-0.15, -0.1) is 0 Å². The van der Waals surface area contributed by atoms with Crippen LogP contribution in [0.4, 0.5) is 23.8 Å². The molecule has 4 fully saturated rings. The molecule has 2 unspecified atom stereocenters. The number of fused-ring (bicyclic) bond motifs is 5. The van der Waals surface area contributed by atoms with Gasteiger partial charge in [0.25, 0.3) is 0 Å². The van der Waals surface area contributed by atoms with Crippen molar-refractivity contribution in [3.63, 3.8) is 0 Å². The molecule has 2 bridgehead atoms. The molecule has 4 aromatic rings. The Morgan fingerprint density at radius 3 is 2.61 bits per heavy atom. The number of hydrogen-bond donors (Lipinski definition) is 1. The summed E-state index contributed by atoms with van der Waals surface area (Å²) in [5.74, 6) is -1.89. The number of aromatic nitrogens is 2. The number of alkyl halides is 1. The van der Waals surface area contributed by atoms with Crippen molar-refractivity contribution >= 4 is 33.6 Å². The van der Waals surface area contributed by atoms with Crippen LogP contribution in [0.5, 0.6) is 11.8 Å². The molecule has 4 aliphatic rings. The summed E-state index contributed by atoms with van der Waals surface area (Å²) in [7, 11) is 0. The Hall–Kier alpha value is -4.83. The summed E-state index contributed by atoms with van der Waals surface area (Å²) >= 11 is 0. The minimum Gasteiger partial charge on any atom is -0.508 e. The Morgan fingerprint density at radius 2 is 1.88 bits per heavy atom. The maximum absolute atomic E-state index is 17.0. The van der Waals surface area contributed by atoms with Gasteiger partial charge in [-0.2, -0.15) is 15.2 Å². The van der Waals surface area contributed by atoms with Crippen molar-refractivity contribution in [1.82, 2.24) is 19.8 Å². The van der Waals surface area contributed by atoms with Crippen molar-refractivity contribution in [2.24, 2.45) is 0 Å². The van der Waals surface area contributed by atoms with Crippen molar-refractivity contribution in [3.8, 4) is 29.0 Å². The number of nitriles is 1. The van der Waals surface area contributed by atoms with Crippen LogP contribution >= 0.6 is 0 Å². The van der Waals surface area contributed by atoms with Gasteiger partial charge in [-0.25, -0.2) is 18.0 Å². The number of ether oxygens (including phenoxy) is 2. The van der Waals surface area contributed by atoms with Gasteiger partial charge in [-0.1, -0.05) is 12.1 Å². The van der Waals surface area contributed by atoms with E-state index >= 15 is 8.78 Å². The summed E-state index contributed by atoms with van der Waals surface area (Å²) < 4.78 is 60.0. The van der Waals surface area contributed by atoms with E-state index in [0.717, 1.165) is 32.2 Å². The maximum atomic E-state index is 17.0. The molecule has 13 heteroatoms. The number of benzene rings is 3. The molecule has 10 nitrogen and oxygen atoms in total. The lowest BCUT2D eigenvalue weighted by atomic mass is 9.93. The monoisotopic (exact) mass is 700 g/mol. The van der Waals surface area contributed by atoms with Crippen LogP contribution in [-0.4, -0.2) is 93.1 Å². The first kappa shape index (κ1) is 33.3. The zero-order chi connectivity index (χ0) is 35.8. The van der Waals surface area contributed by atoms with Crippen LogP contribution in [0.3, 0.4) is 0 Å². The number of rotatable bonds is 5. The fourth-order valence-electron chi connectivity index (χ4n) is 8.75. The highest BCUT2D eigenvalue weighted by Gasteiger charge is 2.50. The van der Waals surface area contributed by atoms with Crippen LogP contribution in [0.15, 0.2) is 36.4 Å². The fraction of sp³-hybridized carbons (Fsp3) is 0.474. The summed E-state index contributed by atoms with van der Waals surface area (Å²) in [4.78, 5) is 28.2. The molecule has 4 atom stereocenters. The quantitative estimate of drug-likeness (QED) is 0.239. The number of carbonyl (C=O) groups excluding carboxylic acids is 1. The van der Waals surface area contributed by atoms with E-state index in [2.05, 4.69) is 16.0 Å². The van der Waals surface area contributed by atoms with E-state index in [1.165, 1.54) is 18.2 Å². The number of phenols is 1. The van der Waals surface area contributed by atoms with E-state index in [1.54, 1.807) is 23.1 Å². The summed E-state index contributed by atoms with van der Waals surface area (Å²) in [6.45, 7) is 7.34. The summed E-state index contributed by atoms with van der Waals surface area (Å²) in [6, 6.07) is 10.2. The molecule has 1 amide bonds. The Labute approximate surface area is 293 Å². The van der Waals surface area contributed by atoms with Crippen LogP contribution in [0, 0.1) is 23.0 Å². The Morgan fingerprint density at radius 1 is 1.12 bits per heavy atom. The topological polar surface area (TPSA) is 115 Å². The predicted molar refractivity (Wildman–Crippen MR) is 184 cm³/mol. The van der Waals surface area contributed by atoms with Crippen molar-refractivity contribution in [3.05, 3.63) is 53.6 Å². The number of piperazine rings is 1. The average Bonchev–Trinajstić information content (AvgIpc) is 3.69. The normalized spacial score (nSPS) is 24.7. The van der Waals surface area contributed by atoms with Crippen LogP contribution in [0.2, 0.25) is 0 Å². The van der Waals surface area contributed by atoms with Crippen LogP contribution < -0.4 is 9.64 Å². The Balaban J connectivity index is 1.25. The highest BCUT2D eigenvalue weighted by atomic mass is 19.1. The predicted octanol–water partition coefficient (Wildman–Crippen LogP) is 6.85. The first-order valence-corrected chi connectivity index (χ1v) is 17.5. The van der Waals surface area contributed by atoms with Gasteiger partial charge in [-0.05, 0) is 82.7 Å². The molecule has 5 heterocycles. The van der Waals surface area contributed by atoms with Crippen LogP contribution in [-0.2, 0) is 4.74 Å². The van der Waals surface area contributed by atoms with E-state index < -0.39 is 40.6 Å². The van der Waals surface area contributed by atoms with Crippen LogP contribution in [0.25, 0.3) is 32.8 Å². The van der Waals surface area contributed by atoms with Crippen LogP contribution in [0.1, 0.15) is 58.4 Å². The highest BCUT2D eigenvalue weighted by molar-refractivity contribution is 6.04. The van der Waals surface area contributed by atoms with Crippen molar-refractivity contribution in [2.75, 3.05) is 37.7 Å². The Bertz CT molecular complexity index is 2100. The summed E-state index contributed by atoms with van der Waals surface area (Å²) in [5.41, 5.74) is -1.64.